The molecule has 1 aliphatic rings. The number of ether oxygens (including phenoxy) is 2. The van der Waals surface area contributed by atoms with E-state index in [0.29, 0.717) is 12.8 Å². The van der Waals surface area contributed by atoms with Gasteiger partial charge in [-0.15, -0.1) is 0 Å². The van der Waals surface area contributed by atoms with Gasteiger partial charge >= 0.3 is 101 Å². The Balaban J connectivity index is -0.00000736. The number of esters is 2. The van der Waals surface area contributed by atoms with E-state index in [1.165, 1.54) is 0 Å². The number of hydrogen-bond donors (Lipinski definition) is 5. The molecule has 50 heavy (non-hydrogen) atoms. The van der Waals surface area contributed by atoms with Crippen molar-refractivity contribution in [2.45, 2.75) is 134 Å². The van der Waals surface area contributed by atoms with E-state index in [2.05, 4.69) is 13.6 Å². The molecule has 1 fully saturated rings. The Hall–Kier alpha value is 2.15. The largest absolute Gasteiger partial charge is 1.00 e. The third-order valence-corrected chi connectivity index (χ3v) is 8.88. The van der Waals surface area contributed by atoms with Gasteiger partial charge in [0.1, 0.15) is 43.2 Å². The maximum atomic E-state index is 12.7. The summed E-state index contributed by atoms with van der Waals surface area (Å²) >= 11 is 0. The van der Waals surface area contributed by atoms with Gasteiger partial charge in [-0.3, -0.25) is 23.3 Å². The van der Waals surface area contributed by atoms with E-state index in [-0.39, 0.29) is 102 Å². The van der Waals surface area contributed by atoms with E-state index in [4.69, 9.17) is 23.8 Å². The van der Waals surface area contributed by atoms with Gasteiger partial charge < -0.3 is 67.4 Å². The van der Waals surface area contributed by atoms with Gasteiger partial charge in [0.25, 0.3) is 23.5 Å². The molecule has 10 atom stereocenters. The third kappa shape index (κ3) is 24.6. The molecule has 5 N–H and O–H groups in total. The molecule has 1 saturated carbocycles. The molecule has 0 amide bonds. The Morgan fingerprint density at radius 2 is 1.00 bits per heavy atom. The number of aliphatic hydroxyl groups excluding tert-OH is 3. The van der Waals surface area contributed by atoms with E-state index in [1.807, 2.05) is 13.8 Å². The maximum Gasteiger partial charge on any atom is 1.00 e. The van der Waals surface area contributed by atoms with E-state index < -0.39 is 91.3 Å². The molecule has 5 unspecified atom stereocenters. The van der Waals surface area contributed by atoms with Gasteiger partial charge in [-0.2, -0.15) is 0 Å². The van der Waals surface area contributed by atoms with Crippen LogP contribution < -0.4 is 103 Å². The van der Waals surface area contributed by atoms with Crippen LogP contribution >= 0.6 is 23.5 Å². The van der Waals surface area contributed by atoms with Crippen LogP contribution in [0.3, 0.4) is 0 Å². The molecule has 0 saturated heterocycles. The van der Waals surface area contributed by atoms with Crippen LogP contribution in [0.15, 0.2) is 0 Å². The zero-order valence-electron chi connectivity index (χ0n) is 29.2. The summed E-state index contributed by atoms with van der Waals surface area (Å²) in [5.41, 5.74) is 0. The first-order valence-electron chi connectivity index (χ1n) is 15.3. The third-order valence-electron chi connectivity index (χ3n) is 6.90. The second-order valence-electron chi connectivity index (χ2n) is 11.0. The minimum absolute atomic E-state index is 0. The summed E-state index contributed by atoms with van der Waals surface area (Å²) < 4.78 is 63.1. The molecule has 0 aromatic carbocycles. The molecule has 0 bridgehead atoms. The smallest absolute Gasteiger partial charge is 0.756 e. The van der Waals surface area contributed by atoms with Crippen LogP contribution in [-0.2, 0) is 50.9 Å². The Labute approximate surface area is 358 Å². The Bertz CT molecular complexity index is 1060. The van der Waals surface area contributed by atoms with Crippen LogP contribution in [0, 0.1) is 0 Å². The predicted molar refractivity (Wildman–Crippen MR) is 153 cm³/mol. The first-order chi connectivity index (χ1) is 21.8. The van der Waals surface area contributed by atoms with Crippen LogP contribution in [0.25, 0.3) is 0 Å². The number of aliphatic hydroxyl groups is 3. The average Bonchev–Trinajstić information content (AvgIpc) is 2.96. The molecular formula is C25H46Na3O19P3. The maximum absolute atomic E-state index is 12.7. The van der Waals surface area contributed by atoms with Crippen molar-refractivity contribution >= 4 is 35.4 Å². The Kier molecular flexibility index (Phi) is 32.2. The number of rotatable bonds is 24. The summed E-state index contributed by atoms with van der Waals surface area (Å²) in [6, 6.07) is 0. The first kappa shape index (κ1) is 56.5. The van der Waals surface area contributed by atoms with Gasteiger partial charge in [-0.25, -0.2) is 0 Å². The molecule has 0 aromatic heterocycles. The monoisotopic (exact) mass is 812 g/mol. The SMILES string of the molecule is CCCCCCCC(=O)OC[C@H](COP(=O)([O-])OC1[C@H](O)[C@H](OP(=O)([O-])O)C(O)[C@H](OP(=O)([O-])O)[C@H]1O)OC(=O)CCCCCCC.[Na+].[Na+].[Na+]. The molecule has 1 aliphatic carbocycles. The zero-order valence-corrected chi connectivity index (χ0v) is 37.9. The van der Waals surface area contributed by atoms with Crippen LogP contribution in [0.1, 0.15) is 90.9 Å². The van der Waals surface area contributed by atoms with Crippen molar-refractivity contribution in [3.05, 3.63) is 0 Å². The van der Waals surface area contributed by atoms with Crippen molar-refractivity contribution in [1.82, 2.24) is 0 Å². The summed E-state index contributed by atoms with van der Waals surface area (Å²) in [6.07, 6.45) is -8.76. The van der Waals surface area contributed by atoms with Crippen molar-refractivity contribution < 1.29 is 179 Å². The van der Waals surface area contributed by atoms with Crippen molar-refractivity contribution in [3.8, 4) is 0 Å². The fourth-order valence-corrected chi connectivity index (χ4v) is 6.64. The Morgan fingerprint density at radius 1 is 0.620 bits per heavy atom. The quantitative estimate of drug-likeness (QED) is 0.0262. The molecule has 19 nitrogen and oxygen atoms in total. The molecule has 0 aliphatic heterocycles. The molecule has 1 rings (SSSR count). The molecule has 0 heterocycles. The van der Waals surface area contributed by atoms with Crippen LogP contribution in [0.5, 0.6) is 0 Å². The number of unbranched alkanes of at least 4 members (excludes halogenated alkanes) is 8. The summed E-state index contributed by atoms with van der Waals surface area (Å²) in [7, 11) is -17.3. The summed E-state index contributed by atoms with van der Waals surface area (Å²) in [5, 5.41) is 31.2. The summed E-state index contributed by atoms with van der Waals surface area (Å²) in [5.74, 6) is -1.40. The van der Waals surface area contributed by atoms with Gasteiger partial charge in [-0.05, 0) is 12.8 Å². The first-order valence-corrected chi connectivity index (χ1v) is 19.7. The van der Waals surface area contributed by atoms with E-state index in [0.717, 1.165) is 51.4 Å². The second kappa shape index (κ2) is 28.5. The van der Waals surface area contributed by atoms with Gasteiger partial charge in [-0.1, -0.05) is 65.2 Å². The summed E-state index contributed by atoms with van der Waals surface area (Å²) in [4.78, 5) is 77.9. The number of carbonyl (C=O) groups excluding carboxylic acids is 2. The van der Waals surface area contributed by atoms with Crippen molar-refractivity contribution in [1.29, 1.82) is 0 Å². The molecule has 0 radical (unpaired) electrons. The van der Waals surface area contributed by atoms with Crippen molar-refractivity contribution in [2.75, 3.05) is 13.2 Å². The average molecular weight is 813 g/mol. The fraction of sp³-hybridized carbons (Fsp3) is 0.920. The Morgan fingerprint density at radius 3 is 1.40 bits per heavy atom. The molecule has 0 spiro atoms. The van der Waals surface area contributed by atoms with Gasteiger partial charge in [0.05, 0.1) is 6.61 Å². The number of hydrogen-bond acceptors (Lipinski definition) is 17. The number of phosphoric ester groups is 3. The van der Waals surface area contributed by atoms with Crippen LogP contribution in [-0.4, -0.2) is 93.0 Å². The van der Waals surface area contributed by atoms with E-state index in [1.54, 1.807) is 0 Å². The zero-order chi connectivity index (χ0) is 35.8. The van der Waals surface area contributed by atoms with Crippen molar-refractivity contribution in [2.24, 2.45) is 0 Å². The van der Waals surface area contributed by atoms with Crippen molar-refractivity contribution in [3.63, 3.8) is 0 Å². The summed E-state index contributed by atoms with van der Waals surface area (Å²) in [6.45, 7) is 2.42. The normalized spacial score (nSPS) is 26.0. The molecule has 0 aromatic rings. The van der Waals surface area contributed by atoms with E-state index in [9.17, 15) is 53.3 Å². The number of phosphoric acid groups is 3. The van der Waals surface area contributed by atoms with Gasteiger partial charge in [0.2, 0.25) is 0 Å². The standard InChI is InChI=1S/C25H49O19P3.3Na/c1-3-5-7-9-11-13-18(26)39-15-17(41-19(27)14-12-10-8-6-4-2)16-40-47(37,38)44-25-21(29)23(42-45(31,32)33)20(28)24(22(25)30)43-46(34,35)36;;;/h17,20-25,28-30H,3-16H2,1-2H3,(H,37,38)(H2,31,32,33)(H2,34,35,36);;;/q;3*+1/p-3/t17-,20?,21-,22-,23-,24+,25?;;;/m1.../s1. The molecule has 25 heteroatoms. The molecular weight excluding hydrogens is 766 g/mol. The van der Waals surface area contributed by atoms with E-state index >= 15 is 0 Å². The molecule has 278 valence electrons. The topological polar surface area (TPSA) is 311 Å². The second-order valence-corrected chi connectivity index (χ2v) is 14.6. The minimum Gasteiger partial charge on any atom is -0.756 e. The number of carbonyl (C=O) groups is 2. The van der Waals surface area contributed by atoms with Crippen LogP contribution in [0.4, 0.5) is 0 Å². The van der Waals surface area contributed by atoms with Gasteiger partial charge in [0.15, 0.2) is 6.10 Å². The fourth-order valence-electron chi connectivity index (χ4n) is 4.57. The van der Waals surface area contributed by atoms with Crippen LogP contribution in [0.2, 0.25) is 0 Å². The predicted octanol–water partition coefficient (Wildman–Crippen LogP) is -9.17. The minimum atomic E-state index is -5.81. The van der Waals surface area contributed by atoms with Gasteiger partial charge in [0, 0.05) is 12.8 Å².